The molecule has 0 spiro atoms. The van der Waals surface area contributed by atoms with Gasteiger partial charge in [-0.05, 0) is 80.3 Å². The van der Waals surface area contributed by atoms with E-state index >= 15 is 0 Å². The number of carbonyl (C=O) groups is 1. The third-order valence-electron chi connectivity index (χ3n) is 5.86. The minimum Gasteiger partial charge on any atom is -0.494 e. The van der Waals surface area contributed by atoms with Crippen LogP contribution in [0.15, 0.2) is 66.7 Å². The first-order valence-electron chi connectivity index (χ1n) is 11.9. The molecule has 0 fully saturated rings. The molecule has 1 N–H and O–H groups in total. The number of aromatic nitrogens is 2. The van der Waals surface area contributed by atoms with Crippen molar-refractivity contribution in [2.24, 2.45) is 0 Å². The van der Waals surface area contributed by atoms with Gasteiger partial charge in [-0.2, -0.15) is 0 Å². The second-order valence-corrected chi connectivity index (χ2v) is 9.35. The fourth-order valence-corrected chi connectivity index (χ4v) is 4.32. The van der Waals surface area contributed by atoms with Crippen molar-refractivity contribution in [3.05, 3.63) is 93.7 Å². The van der Waals surface area contributed by atoms with Crippen LogP contribution in [0.1, 0.15) is 41.0 Å². The summed E-state index contributed by atoms with van der Waals surface area (Å²) in [5, 5.41) is 4.28. The summed E-state index contributed by atoms with van der Waals surface area (Å²) < 4.78 is 8.18. The van der Waals surface area contributed by atoms with Crippen molar-refractivity contribution >= 4 is 40.1 Å². The molecule has 35 heavy (non-hydrogen) atoms. The van der Waals surface area contributed by atoms with Crippen LogP contribution in [0, 0.1) is 6.92 Å². The fourth-order valence-electron chi connectivity index (χ4n) is 4.01. The molecule has 0 unspecified atom stereocenters. The summed E-state index contributed by atoms with van der Waals surface area (Å²) in [7, 11) is 0. The van der Waals surface area contributed by atoms with Crippen molar-refractivity contribution in [1.29, 1.82) is 0 Å². The van der Waals surface area contributed by atoms with E-state index in [9.17, 15) is 4.79 Å². The molecule has 0 atom stereocenters. The number of unbranched alkanes of at least 4 members (excludes halogenated alkanes) is 1. The molecule has 0 aliphatic rings. The molecule has 0 aliphatic heterocycles. The number of rotatable bonds is 11. The van der Waals surface area contributed by atoms with Crippen LogP contribution in [-0.2, 0) is 13.0 Å². The molecule has 182 valence electrons. The Kier molecular flexibility index (Phi) is 8.67. The van der Waals surface area contributed by atoms with Gasteiger partial charge >= 0.3 is 0 Å². The van der Waals surface area contributed by atoms with E-state index in [2.05, 4.69) is 16.0 Å². The molecule has 1 amide bonds. The van der Waals surface area contributed by atoms with E-state index in [1.165, 1.54) is 0 Å². The number of ether oxygens (including phenoxy) is 1. The number of benzene rings is 3. The molecule has 1 aromatic heterocycles. The van der Waals surface area contributed by atoms with E-state index in [0.717, 1.165) is 65.4 Å². The standard InChI is InChI=1S/C28H29Cl2N3O2/c1-20-18-23(13-14-24(20)30)35-17-5-4-16-33-26-11-3-2-10-25(26)32-27(33)12-7-15-31-28(34)21-8-6-9-22(29)19-21/h2-3,6,8-11,13-14,18-19H,4-5,7,12,15-17H2,1H3,(H,31,34). The van der Waals surface area contributed by atoms with E-state index in [1.807, 2.05) is 43.3 Å². The smallest absolute Gasteiger partial charge is 0.251 e. The number of hydrogen-bond acceptors (Lipinski definition) is 3. The molecular weight excluding hydrogens is 481 g/mol. The number of halogens is 2. The second kappa shape index (κ2) is 12.1. The van der Waals surface area contributed by atoms with Crippen LogP contribution in [0.25, 0.3) is 11.0 Å². The van der Waals surface area contributed by atoms with Crippen LogP contribution < -0.4 is 10.1 Å². The Morgan fingerprint density at radius 1 is 1.00 bits per heavy atom. The third kappa shape index (κ3) is 6.77. The van der Waals surface area contributed by atoms with Gasteiger partial charge in [0.25, 0.3) is 5.91 Å². The number of aryl methyl sites for hydroxylation is 3. The molecule has 1 heterocycles. The minimum absolute atomic E-state index is 0.114. The molecule has 7 heteroatoms. The Morgan fingerprint density at radius 3 is 2.69 bits per heavy atom. The molecule has 5 nitrogen and oxygen atoms in total. The molecule has 0 saturated heterocycles. The van der Waals surface area contributed by atoms with Gasteiger partial charge in [-0.25, -0.2) is 4.98 Å². The number of nitrogens with one attached hydrogen (secondary N) is 1. The number of hydrogen-bond donors (Lipinski definition) is 1. The number of imidazole rings is 1. The Labute approximate surface area is 216 Å². The molecule has 4 rings (SSSR count). The molecule has 0 saturated carbocycles. The lowest BCUT2D eigenvalue weighted by atomic mass is 10.2. The van der Waals surface area contributed by atoms with Crippen molar-refractivity contribution < 1.29 is 9.53 Å². The van der Waals surface area contributed by atoms with Gasteiger partial charge in [0.05, 0.1) is 17.6 Å². The summed E-state index contributed by atoms with van der Waals surface area (Å²) in [5.74, 6) is 1.77. The highest BCUT2D eigenvalue weighted by Gasteiger charge is 2.11. The van der Waals surface area contributed by atoms with Crippen LogP contribution >= 0.6 is 23.2 Å². The summed E-state index contributed by atoms with van der Waals surface area (Å²) in [4.78, 5) is 17.2. The summed E-state index contributed by atoms with van der Waals surface area (Å²) >= 11 is 12.1. The molecule has 0 bridgehead atoms. The van der Waals surface area contributed by atoms with Gasteiger partial charge in [-0.1, -0.05) is 41.4 Å². The van der Waals surface area contributed by atoms with Crippen LogP contribution in [-0.4, -0.2) is 28.6 Å². The van der Waals surface area contributed by atoms with Gasteiger partial charge in [0.2, 0.25) is 0 Å². The average Bonchev–Trinajstić information content (AvgIpc) is 3.21. The zero-order valence-electron chi connectivity index (χ0n) is 19.8. The lowest BCUT2D eigenvalue weighted by Gasteiger charge is -2.11. The quantitative estimate of drug-likeness (QED) is 0.224. The van der Waals surface area contributed by atoms with Crippen LogP contribution in [0.5, 0.6) is 5.75 Å². The minimum atomic E-state index is -0.114. The van der Waals surface area contributed by atoms with Crippen molar-refractivity contribution in [1.82, 2.24) is 14.9 Å². The van der Waals surface area contributed by atoms with Gasteiger partial charge in [0.15, 0.2) is 0 Å². The van der Waals surface area contributed by atoms with E-state index in [-0.39, 0.29) is 5.91 Å². The largest absolute Gasteiger partial charge is 0.494 e. The Hall–Kier alpha value is -3.02. The van der Waals surface area contributed by atoms with Gasteiger partial charge < -0.3 is 14.6 Å². The third-order valence-corrected chi connectivity index (χ3v) is 6.52. The predicted molar refractivity (Wildman–Crippen MR) is 143 cm³/mol. The zero-order valence-corrected chi connectivity index (χ0v) is 21.3. The first-order valence-corrected chi connectivity index (χ1v) is 12.6. The van der Waals surface area contributed by atoms with Crippen LogP contribution in [0.4, 0.5) is 0 Å². The first-order chi connectivity index (χ1) is 17.0. The number of amides is 1. The topological polar surface area (TPSA) is 56.1 Å². The van der Waals surface area contributed by atoms with Crippen molar-refractivity contribution in [3.63, 3.8) is 0 Å². The van der Waals surface area contributed by atoms with Gasteiger partial charge in [-0.3, -0.25) is 4.79 Å². The number of nitrogens with zero attached hydrogens (tertiary/aromatic N) is 2. The summed E-state index contributed by atoms with van der Waals surface area (Å²) in [6.07, 6.45) is 3.49. The molecule has 0 radical (unpaired) electrons. The summed E-state index contributed by atoms with van der Waals surface area (Å²) in [6.45, 7) is 4.07. The Morgan fingerprint density at radius 2 is 1.86 bits per heavy atom. The van der Waals surface area contributed by atoms with Gasteiger partial charge in [0.1, 0.15) is 11.6 Å². The predicted octanol–water partition coefficient (Wildman–Crippen LogP) is 6.87. The van der Waals surface area contributed by atoms with Crippen molar-refractivity contribution in [2.45, 2.75) is 39.2 Å². The number of fused-ring (bicyclic) bond motifs is 1. The average molecular weight is 510 g/mol. The Balaban J connectivity index is 1.29. The molecule has 4 aromatic rings. The maximum atomic E-state index is 12.3. The lowest BCUT2D eigenvalue weighted by molar-refractivity contribution is 0.0953. The van der Waals surface area contributed by atoms with Crippen LogP contribution in [0.2, 0.25) is 10.0 Å². The van der Waals surface area contributed by atoms with Crippen molar-refractivity contribution in [3.8, 4) is 5.75 Å². The highest BCUT2D eigenvalue weighted by Crippen LogP contribution is 2.22. The second-order valence-electron chi connectivity index (χ2n) is 8.50. The Bertz CT molecular complexity index is 1300. The zero-order chi connectivity index (χ0) is 24.6. The highest BCUT2D eigenvalue weighted by molar-refractivity contribution is 6.31. The first kappa shape index (κ1) is 25.1. The van der Waals surface area contributed by atoms with E-state index < -0.39 is 0 Å². The summed E-state index contributed by atoms with van der Waals surface area (Å²) in [5.41, 5.74) is 3.72. The highest BCUT2D eigenvalue weighted by atomic mass is 35.5. The number of carbonyl (C=O) groups excluding carboxylic acids is 1. The molecular formula is C28H29Cl2N3O2. The van der Waals surface area contributed by atoms with Crippen LogP contribution in [0.3, 0.4) is 0 Å². The van der Waals surface area contributed by atoms with Gasteiger partial charge in [0, 0.05) is 35.1 Å². The SMILES string of the molecule is Cc1cc(OCCCCn2c(CCCNC(=O)c3cccc(Cl)c3)nc3ccccc32)ccc1Cl. The lowest BCUT2D eigenvalue weighted by Crippen LogP contribution is -2.25. The van der Waals surface area contributed by atoms with Crippen molar-refractivity contribution in [2.75, 3.05) is 13.2 Å². The maximum Gasteiger partial charge on any atom is 0.251 e. The maximum absolute atomic E-state index is 12.3. The van der Waals surface area contributed by atoms with E-state index in [1.54, 1.807) is 24.3 Å². The normalized spacial score (nSPS) is 11.1. The van der Waals surface area contributed by atoms with E-state index in [4.69, 9.17) is 32.9 Å². The molecule has 0 aliphatic carbocycles. The van der Waals surface area contributed by atoms with Gasteiger partial charge in [-0.15, -0.1) is 0 Å². The summed E-state index contributed by atoms with van der Waals surface area (Å²) in [6, 6.07) is 20.9. The number of para-hydroxylation sites is 2. The molecule has 3 aromatic carbocycles. The van der Waals surface area contributed by atoms with E-state index in [0.29, 0.717) is 23.7 Å². The monoisotopic (exact) mass is 509 g/mol. The fraction of sp³-hybridized carbons (Fsp3) is 0.286.